The summed E-state index contributed by atoms with van der Waals surface area (Å²) in [5, 5.41) is 4.16. The Labute approximate surface area is 101 Å². The zero-order valence-corrected chi connectivity index (χ0v) is 10.0. The molecule has 3 heteroatoms. The van der Waals surface area contributed by atoms with Gasteiger partial charge in [0.25, 0.3) is 0 Å². The van der Waals surface area contributed by atoms with Crippen molar-refractivity contribution in [2.75, 3.05) is 13.2 Å². The van der Waals surface area contributed by atoms with Gasteiger partial charge in [-0.2, -0.15) is 0 Å². The average Bonchev–Trinajstić information content (AvgIpc) is 2.23. The van der Waals surface area contributed by atoms with E-state index in [1.807, 2.05) is 12.1 Å². The maximum Gasteiger partial charge on any atom is 0.0906 e. The van der Waals surface area contributed by atoms with Gasteiger partial charge in [0.1, 0.15) is 0 Å². The molecule has 88 valence electrons. The van der Waals surface area contributed by atoms with Crippen LogP contribution in [0.25, 0.3) is 0 Å². The van der Waals surface area contributed by atoms with Crippen molar-refractivity contribution in [3.05, 3.63) is 34.9 Å². The SMILES string of the molecule is FCCCNC1CC(c2ccc(Cl)cc2)C1. The number of alkyl halides is 1. The second-order valence-corrected chi connectivity index (χ2v) is 4.85. The first-order valence-corrected chi connectivity index (χ1v) is 6.22. The summed E-state index contributed by atoms with van der Waals surface area (Å²) in [7, 11) is 0. The first-order valence-electron chi connectivity index (χ1n) is 5.84. The Hall–Kier alpha value is -0.600. The fourth-order valence-corrected chi connectivity index (χ4v) is 2.29. The lowest BCUT2D eigenvalue weighted by Crippen LogP contribution is -2.40. The summed E-state index contributed by atoms with van der Waals surface area (Å²) in [6, 6.07) is 8.67. The number of rotatable bonds is 5. The van der Waals surface area contributed by atoms with Gasteiger partial charge in [0, 0.05) is 11.1 Å². The number of hydrogen-bond acceptors (Lipinski definition) is 1. The van der Waals surface area contributed by atoms with Gasteiger partial charge >= 0.3 is 0 Å². The fourth-order valence-electron chi connectivity index (χ4n) is 2.16. The molecule has 2 rings (SSSR count). The van der Waals surface area contributed by atoms with Crippen molar-refractivity contribution in [1.29, 1.82) is 0 Å². The minimum Gasteiger partial charge on any atom is -0.314 e. The van der Waals surface area contributed by atoms with E-state index in [9.17, 15) is 4.39 Å². The normalized spacial score (nSPS) is 24.1. The molecule has 1 aliphatic rings. The van der Waals surface area contributed by atoms with Gasteiger partial charge in [-0.1, -0.05) is 23.7 Å². The zero-order valence-electron chi connectivity index (χ0n) is 9.26. The van der Waals surface area contributed by atoms with Crippen LogP contribution in [0.3, 0.4) is 0 Å². The van der Waals surface area contributed by atoms with Crippen LogP contribution in [-0.4, -0.2) is 19.3 Å². The Morgan fingerprint density at radius 2 is 1.94 bits per heavy atom. The van der Waals surface area contributed by atoms with Crippen LogP contribution < -0.4 is 5.32 Å². The zero-order chi connectivity index (χ0) is 11.4. The molecule has 1 aliphatic carbocycles. The smallest absolute Gasteiger partial charge is 0.0906 e. The molecule has 1 aromatic carbocycles. The molecule has 0 aromatic heterocycles. The van der Waals surface area contributed by atoms with Gasteiger partial charge in [0.15, 0.2) is 0 Å². The largest absolute Gasteiger partial charge is 0.314 e. The summed E-state index contributed by atoms with van der Waals surface area (Å²) >= 11 is 5.84. The quantitative estimate of drug-likeness (QED) is 0.778. The third-order valence-corrected chi connectivity index (χ3v) is 3.47. The highest BCUT2D eigenvalue weighted by atomic mass is 35.5. The molecule has 1 saturated carbocycles. The van der Waals surface area contributed by atoms with E-state index in [1.54, 1.807) is 0 Å². The van der Waals surface area contributed by atoms with Crippen LogP contribution in [-0.2, 0) is 0 Å². The van der Waals surface area contributed by atoms with E-state index in [-0.39, 0.29) is 6.67 Å². The molecule has 1 N–H and O–H groups in total. The second-order valence-electron chi connectivity index (χ2n) is 4.41. The number of benzene rings is 1. The second kappa shape index (κ2) is 5.65. The first kappa shape index (κ1) is 11.9. The molecule has 1 fully saturated rings. The standard InChI is InChI=1S/C13H17ClFN/c14-12-4-2-10(3-5-12)11-8-13(9-11)16-7-1-6-15/h2-5,11,13,16H,1,6-9H2. The van der Waals surface area contributed by atoms with Gasteiger partial charge in [0.05, 0.1) is 6.67 Å². The Morgan fingerprint density at radius 3 is 2.56 bits per heavy atom. The van der Waals surface area contributed by atoms with E-state index < -0.39 is 0 Å². The maximum absolute atomic E-state index is 11.9. The summed E-state index contributed by atoms with van der Waals surface area (Å²) in [6.45, 7) is 0.578. The first-order chi connectivity index (χ1) is 7.79. The molecular weight excluding hydrogens is 225 g/mol. The molecule has 1 aromatic rings. The van der Waals surface area contributed by atoms with Crippen LogP contribution in [0.4, 0.5) is 4.39 Å². The summed E-state index contributed by atoms with van der Waals surface area (Å²) < 4.78 is 11.9. The Morgan fingerprint density at radius 1 is 1.25 bits per heavy atom. The van der Waals surface area contributed by atoms with E-state index in [1.165, 1.54) is 5.56 Å². The minimum atomic E-state index is -0.222. The van der Waals surface area contributed by atoms with Gasteiger partial charge in [-0.05, 0) is 49.4 Å². The number of hydrogen-bond donors (Lipinski definition) is 1. The summed E-state index contributed by atoms with van der Waals surface area (Å²) in [5.41, 5.74) is 1.37. The van der Waals surface area contributed by atoms with E-state index in [2.05, 4.69) is 17.4 Å². The average molecular weight is 242 g/mol. The number of halogens is 2. The van der Waals surface area contributed by atoms with Crippen molar-refractivity contribution in [1.82, 2.24) is 5.32 Å². The summed E-state index contributed by atoms with van der Waals surface area (Å²) in [6.07, 6.45) is 2.95. The van der Waals surface area contributed by atoms with Gasteiger partial charge in [-0.3, -0.25) is 4.39 Å². The lowest BCUT2D eigenvalue weighted by molar-refractivity contribution is 0.286. The van der Waals surface area contributed by atoms with Crippen molar-refractivity contribution < 1.29 is 4.39 Å². The lowest BCUT2D eigenvalue weighted by atomic mass is 9.76. The molecule has 16 heavy (non-hydrogen) atoms. The summed E-state index contributed by atoms with van der Waals surface area (Å²) in [4.78, 5) is 0. The highest BCUT2D eigenvalue weighted by Gasteiger charge is 2.29. The Bertz CT molecular complexity index is 319. The Balaban J connectivity index is 1.73. The highest BCUT2D eigenvalue weighted by molar-refractivity contribution is 6.30. The highest BCUT2D eigenvalue weighted by Crippen LogP contribution is 2.37. The minimum absolute atomic E-state index is 0.222. The van der Waals surface area contributed by atoms with E-state index in [4.69, 9.17) is 11.6 Å². The topological polar surface area (TPSA) is 12.0 Å². The Kier molecular flexibility index (Phi) is 4.19. The van der Waals surface area contributed by atoms with E-state index >= 15 is 0 Å². The van der Waals surface area contributed by atoms with Crippen molar-refractivity contribution in [3.8, 4) is 0 Å². The molecule has 0 aliphatic heterocycles. The van der Waals surface area contributed by atoms with Crippen molar-refractivity contribution in [2.45, 2.75) is 31.2 Å². The molecular formula is C13H17ClFN. The fraction of sp³-hybridized carbons (Fsp3) is 0.538. The molecule has 0 atom stereocenters. The molecule has 0 bridgehead atoms. The van der Waals surface area contributed by atoms with Crippen molar-refractivity contribution >= 4 is 11.6 Å². The maximum atomic E-state index is 11.9. The third-order valence-electron chi connectivity index (χ3n) is 3.22. The van der Waals surface area contributed by atoms with Gasteiger partial charge in [-0.25, -0.2) is 0 Å². The van der Waals surface area contributed by atoms with Gasteiger partial charge in [-0.15, -0.1) is 0 Å². The molecule has 1 nitrogen and oxygen atoms in total. The molecule has 0 unspecified atom stereocenters. The molecule has 0 heterocycles. The third kappa shape index (κ3) is 2.96. The predicted molar refractivity (Wildman–Crippen MR) is 65.8 cm³/mol. The van der Waals surface area contributed by atoms with Crippen molar-refractivity contribution in [2.24, 2.45) is 0 Å². The lowest BCUT2D eigenvalue weighted by Gasteiger charge is -2.36. The predicted octanol–water partition coefficient (Wildman–Crippen LogP) is 3.54. The monoisotopic (exact) mass is 241 g/mol. The van der Waals surface area contributed by atoms with Gasteiger partial charge < -0.3 is 5.32 Å². The molecule has 0 amide bonds. The molecule has 0 radical (unpaired) electrons. The van der Waals surface area contributed by atoms with Crippen LogP contribution in [0, 0.1) is 0 Å². The van der Waals surface area contributed by atoms with E-state index in [0.717, 1.165) is 24.4 Å². The van der Waals surface area contributed by atoms with Crippen LogP contribution in [0.2, 0.25) is 5.02 Å². The van der Waals surface area contributed by atoms with Crippen molar-refractivity contribution in [3.63, 3.8) is 0 Å². The summed E-state index contributed by atoms with van der Waals surface area (Å²) in [5.74, 6) is 0.653. The number of nitrogens with one attached hydrogen (secondary N) is 1. The van der Waals surface area contributed by atoms with Crippen LogP contribution >= 0.6 is 11.6 Å². The van der Waals surface area contributed by atoms with Crippen LogP contribution in [0.15, 0.2) is 24.3 Å². The van der Waals surface area contributed by atoms with Crippen LogP contribution in [0.1, 0.15) is 30.7 Å². The van der Waals surface area contributed by atoms with E-state index in [0.29, 0.717) is 18.4 Å². The molecule has 0 spiro atoms. The van der Waals surface area contributed by atoms with Crippen LogP contribution in [0.5, 0.6) is 0 Å². The van der Waals surface area contributed by atoms with Gasteiger partial charge in [0.2, 0.25) is 0 Å². The molecule has 0 saturated heterocycles.